The van der Waals surface area contributed by atoms with Crippen LogP contribution in [0.2, 0.25) is 0 Å². The highest BCUT2D eigenvalue weighted by Gasteiger charge is 2.06. The Labute approximate surface area is 85.7 Å². The summed E-state index contributed by atoms with van der Waals surface area (Å²) in [6.07, 6.45) is 3.61. The van der Waals surface area contributed by atoms with Crippen LogP contribution in [0.15, 0.2) is 49.7 Å². The van der Waals surface area contributed by atoms with Crippen molar-refractivity contribution >= 4 is 5.71 Å². The van der Waals surface area contributed by atoms with Crippen LogP contribution in [0.1, 0.15) is 11.1 Å². The molecular formula is C13H16N+. The molecule has 0 aliphatic heterocycles. The lowest BCUT2D eigenvalue weighted by atomic mass is 10.1. The molecule has 72 valence electrons. The predicted octanol–water partition coefficient (Wildman–Crippen LogP) is 2.76. The maximum atomic E-state index is 3.80. The third kappa shape index (κ3) is 2.19. The first-order valence-electron chi connectivity index (χ1n) is 4.61. The summed E-state index contributed by atoms with van der Waals surface area (Å²) >= 11 is 0. The first-order valence-corrected chi connectivity index (χ1v) is 4.61. The number of benzene rings is 1. The van der Waals surface area contributed by atoms with Crippen molar-refractivity contribution in [2.24, 2.45) is 0 Å². The van der Waals surface area contributed by atoms with Gasteiger partial charge in [-0.25, -0.2) is 4.58 Å². The van der Waals surface area contributed by atoms with Crippen LogP contribution < -0.4 is 0 Å². The Hall–Kier alpha value is -1.63. The number of rotatable bonds is 3. The summed E-state index contributed by atoms with van der Waals surface area (Å²) in [5.74, 6) is 0. The fourth-order valence-electron chi connectivity index (χ4n) is 1.29. The molecule has 0 spiro atoms. The number of nitrogens with zero attached hydrogens (tertiary/aromatic N) is 1. The molecule has 1 rings (SSSR count). The Bertz CT molecular complexity index is 369. The molecule has 0 aromatic heterocycles. The van der Waals surface area contributed by atoms with Gasteiger partial charge in [0.15, 0.2) is 6.20 Å². The molecule has 1 aromatic carbocycles. The van der Waals surface area contributed by atoms with Crippen molar-refractivity contribution in [2.75, 3.05) is 7.05 Å². The summed E-state index contributed by atoms with van der Waals surface area (Å²) in [6, 6.07) is 8.37. The molecule has 0 heterocycles. The molecule has 0 saturated heterocycles. The van der Waals surface area contributed by atoms with Crippen LogP contribution in [0, 0.1) is 6.92 Å². The largest absolute Gasteiger partial charge is 0.211 e. The van der Waals surface area contributed by atoms with Gasteiger partial charge < -0.3 is 0 Å². The van der Waals surface area contributed by atoms with Crippen LogP contribution >= 0.6 is 0 Å². The van der Waals surface area contributed by atoms with Crippen LogP contribution in [0.25, 0.3) is 0 Å². The van der Waals surface area contributed by atoms with Gasteiger partial charge in [-0.15, -0.1) is 0 Å². The fourth-order valence-corrected chi connectivity index (χ4v) is 1.29. The van der Waals surface area contributed by atoms with Gasteiger partial charge in [0.05, 0.1) is 0 Å². The lowest BCUT2D eigenvalue weighted by Crippen LogP contribution is -2.10. The Morgan fingerprint density at radius 2 is 1.79 bits per heavy atom. The van der Waals surface area contributed by atoms with Gasteiger partial charge in [0.2, 0.25) is 5.71 Å². The minimum atomic E-state index is 1.07. The van der Waals surface area contributed by atoms with E-state index < -0.39 is 0 Å². The Kier molecular flexibility index (Phi) is 3.41. The molecule has 14 heavy (non-hydrogen) atoms. The average Bonchev–Trinajstić information content (AvgIpc) is 2.21. The van der Waals surface area contributed by atoms with Crippen LogP contribution in [0.4, 0.5) is 0 Å². The second-order valence-electron chi connectivity index (χ2n) is 3.25. The summed E-state index contributed by atoms with van der Waals surface area (Å²) in [5.41, 5.74) is 3.49. The highest BCUT2D eigenvalue weighted by Crippen LogP contribution is 2.05. The Morgan fingerprint density at radius 1 is 1.21 bits per heavy atom. The molecular weight excluding hydrogens is 170 g/mol. The molecule has 0 aliphatic carbocycles. The minimum absolute atomic E-state index is 1.07. The molecule has 0 aliphatic rings. The smallest absolute Gasteiger partial charge is 0.202 e. The molecule has 0 atom stereocenters. The first-order chi connectivity index (χ1) is 6.69. The fraction of sp³-hybridized carbons (Fsp3) is 0.154. The van der Waals surface area contributed by atoms with E-state index in [1.807, 2.05) is 17.7 Å². The molecule has 0 N–H and O–H groups in total. The quantitative estimate of drug-likeness (QED) is 0.504. The van der Waals surface area contributed by atoms with Crippen molar-refractivity contribution in [1.82, 2.24) is 0 Å². The van der Waals surface area contributed by atoms with Gasteiger partial charge >= 0.3 is 0 Å². The van der Waals surface area contributed by atoms with Crippen LogP contribution in [-0.4, -0.2) is 17.3 Å². The van der Waals surface area contributed by atoms with E-state index in [0.29, 0.717) is 0 Å². The normalized spacial score (nSPS) is 11.9. The highest BCUT2D eigenvalue weighted by molar-refractivity contribution is 6.04. The third-order valence-corrected chi connectivity index (χ3v) is 2.19. The standard InChI is InChI=1S/C13H16N/c1-5-13(14(4)6-2)12-9-7-11(3)8-10-12/h5-10H,1-2H2,3-4H3/q+1. The lowest BCUT2D eigenvalue weighted by molar-refractivity contribution is -0.420. The zero-order valence-corrected chi connectivity index (χ0v) is 8.83. The van der Waals surface area contributed by atoms with Gasteiger partial charge in [-0.2, -0.15) is 0 Å². The van der Waals surface area contributed by atoms with Gasteiger partial charge in [-0.3, -0.25) is 0 Å². The molecule has 1 nitrogen and oxygen atoms in total. The van der Waals surface area contributed by atoms with Gasteiger partial charge in [0.1, 0.15) is 7.05 Å². The van der Waals surface area contributed by atoms with Crippen molar-refractivity contribution in [2.45, 2.75) is 6.92 Å². The van der Waals surface area contributed by atoms with Crippen LogP contribution in [-0.2, 0) is 0 Å². The van der Waals surface area contributed by atoms with E-state index in [9.17, 15) is 0 Å². The molecule has 1 heteroatoms. The van der Waals surface area contributed by atoms with E-state index in [-0.39, 0.29) is 0 Å². The molecule has 0 unspecified atom stereocenters. The zero-order valence-electron chi connectivity index (χ0n) is 8.83. The Balaban J connectivity index is 3.20. The second kappa shape index (κ2) is 4.56. The summed E-state index contributed by atoms with van der Waals surface area (Å²) in [5, 5.41) is 0. The first kappa shape index (κ1) is 10.5. The van der Waals surface area contributed by atoms with Crippen LogP contribution in [0.5, 0.6) is 0 Å². The van der Waals surface area contributed by atoms with Gasteiger partial charge in [-0.1, -0.05) is 24.3 Å². The topological polar surface area (TPSA) is 3.01 Å². The van der Waals surface area contributed by atoms with Crippen molar-refractivity contribution < 1.29 is 4.58 Å². The van der Waals surface area contributed by atoms with Gasteiger partial charge in [0.25, 0.3) is 0 Å². The number of allylic oxidation sites excluding steroid dienone is 1. The van der Waals surface area contributed by atoms with E-state index >= 15 is 0 Å². The summed E-state index contributed by atoms with van der Waals surface area (Å²) in [6.45, 7) is 9.61. The molecule has 1 aromatic rings. The lowest BCUT2D eigenvalue weighted by Gasteiger charge is -1.99. The minimum Gasteiger partial charge on any atom is -0.202 e. The molecule has 0 fully saturated rings. The summed E-state index contributed by atoms with van der Waals surface area (Å²) in [4.78, 5) is 0. The van der Waals surface area contributed by atoms with Crippen molar-refractivity contribution in [1.29, 1.82) is 0 Å². The molecule has 0 saturated carbocycles. The van der Waals surface area contributed by atoms with Crippen molar-refractivity contribution in [3.05, 3.63) is 60.8 Å². The van der Waals surface area contributed by atoms with E-state index in [1.165, 1.54) is 5.56 Å². The Morgan fingerprint density at radius 3 is 2.21 bits per heavy atom. The van der Waals surface area contributed by atoms with Gasteiger partial charge in [-0.05, 0) is 25.6 Å². The van der Waals surface area contributed by atoms with E-state index in [2.05, 4.69) is 44.3 Å². The monoisotopic (exact) mass is 186 g/mol. The van der Waals surface area contributed by atoms with Crippen LogP contribution in [0.3, 0.4) is 0 Å². The number of hydrogen-bond acceptors (Lipinski definition) is 0. The third-order valence-electron chi connectivity index (χ3n) is 2.19. The molecule has 0 amide bonds. The average molecular weight is 186 g/mol. The maximum Gasteiger partial charge on any atom is 0.211 e. The molecule has 0 radical (unpaired) electrons. The summed E-state index contributed by atoms with van der Waals surface area (Å²) < 4.78 is 1.96. The molecule has 0 bridgehead atoms. The van der Waals surface area contributed by atoms with E-state index in [4.69, 9.17) is 0 Å². The highest BCUT2D eigenvalue weighted by atomic mass is 14.9. The maximum absolute atomic E-state index is 3.80. The van der Waals surface area contributed by atoms with E-state index in [1.54, 1.807) is 6.20 Å². The SMILES string of the molecule is C=CC(c1ccc(C)cc1)=[N+](C)C=C. The zero-order chi connectivity index (χ0) is 10.6. The number of hydrogen-bond donors (Lipinski definition) is 0. The van der Waals surface area contributed by atoms with Crippen molar-refractivity contribution in [3.8, 4) is 0 Å². The van der Waals surface area contributed by atoms with Crippen molar-refractivity contribution in [3.63, 3.8) is 0 Å². The summed E-state index contributed by atoms with van der Waals surface area (Å²) in [7, 11) is 1.96. The number of aryl methyl sites for hydroxylation is 1. The van der Waals surface area contributed by atoms with Gasteiger partial charge in [0, 0.05) is 11.6 Å². The predicted molar refractivity (Wildman–Crippen MR) is 61.9 cm³/mol. The van der Waals surface area contributed by atoms with E-state index in [0.717, 1.165) is 11.3 Å². The second-order valence-corrected chi connectivity index (χ2v) is 3.25.